The summed E-state index contributed by atoms with van der Waals surface area (Å²) in [6.45, 7) is 0. The molecule has 0 aromatic heterocycles. The van der Waals surface area contributed by atoms with Crippen molar-refractivity contribution < 1.29 is 79.2 Å². The molecule has 34 aliphatic rings. The first-order valence-corrected chi connectivity index (χ1v) is 38.2. The molecule has 8 aromatic carbocycles. The third-order valence-corrected chi connectivity index (χ3v) is 29.2. The lowest BCUT2D eigenvalue weighted by Crippen LogP contribution is -2.34. The minimum absolute atomic E-state index is 0.229. The highest BCUT2D eigenvalue weighted by molar-refractivity contribution is 8.77. The van der Waals surface area contributed by atoms with Crippen LogP contribution >= 0.6 is 86.4 Å². The molecule has 42 rings (SSSR count). The van der Waals surface area contributed by atoms with Crippen LogP contribution in [-0.2, 0) is 38.4 Å². The van der Waals surface area contributed by atoms with Gasteiger partial charge in [-0.05, 0) is 186 Å². The Kier molecular flexibility index (Phi) is 14.2. The largest absolute Gasteiger partial charge is 0.478 e. The van der Waals surface area contributed by atoms with Crippen LogP contribution in [0.15, 0.2) is 229 Å². The summed E-state index contributed by atoms with van der Waals surface area (Å²) in [6, 6.07) is 44.6. The molecule has 22 heterocycles. The molecule has 22 aliphatic heterocycles. The second-order valence-corrected chi connectivity index (χ2v) is 33.3. The van der Waals surface area contributed by atoms with Gasteiger partial charge in [0, 0.05) is 86.5 Å². The van der Waals surface area contributed by atoms with E-state index < -0.39 is 95.1 Å². The third kappa shape index (κ3) is 9.01. The molecule has 0 unspecified atom stereocenters. The Hall–Kier alpha value is -8.72. The fourth-order valence-corrected chi connectivity index (χ4v) is 24.3. The molecule has 0 fully saturated rings. The maximum atomic E-state index is 13.3. The summed E-state index contributed by atoms with van der Waals surface area (Å²) in [7, 11) is 11.0. The zero-order valence-electron chi connectivity index (χ0n) is 48.6. The average molecular weight is 1420 g/mol. The molecule has 8 atom stereocenters. The number of carboxylic acids is 8. The topological polar surface area (TPSA) is 298 Å². The van der Waals surface area contributed by atoms with Crippen LogP contribution in [-0.4, -0.2) is 88.6 Å². The van der Waals surface area contributed by atoms with Crippen LogP contribution in [0.3, 0.4) is 0 Å². The highest BCUT2D eigenvalue weighted by Gasteiger charge is 2.53. The Labute approximate surface area is 574 Å². The average Bonchev–Trinajstić information content (AvgIpc) is 0.726. The second-order valence-electron chi connectivity index (χ2n) is 24.2. The molecule has 16 nitrogen and oxygen atoms in total. The van der Waals surface area contributed by atoms with Crippen molar-refractivity contribution in [2.24, 2.45) is 0 Å². The number of hydrogen-bond acceptors (Lipinski definition) is 16. The summed E-state index contributed by atoms with van der Waals surface area (Å²) in [5, 5.41) is 86.4. The molecule has 8 N–H and O–H groups in total. The number of aliphatic carboxylic acids is 8. The first-order chi connectivity index (χ1) is 46.2. The van der Waals surface area contributed by atoms with Crippen molar-refractivity contribution in [2.75, 3.05) is 0 Å². The maximum Gasteiger partial charge on any atom is 0.333 e. The molecule has 8 aromatic rings. The van der Waals surface area contributed by atoms with E-state index >= 15 is 0 Å². The fourth-order valence-electron chi connectivity index (χ4n) is 16.3. The molecule has 32 bridgehead atoms. The summed E-state index contributed by atoms with van der Waals surface area (Å²) in [5.41, 5.74) is 8.46. The first kappa shape index (κ1) is 60.9. The van der Waals surface area contributed by atoms with E-state index in [0.717, 1.165) is 39.2 Å². The zero-order chi connectivity index (χ0) is 66.3. The third-order valence-electron chi connectivity index (χ3n) is 19.7. The van der Waals surface area contributed by atoms with E-state index in [1.807, 2.05) is 146 Å². The van der Waals surface area contributed by atoms with Crippen molar-refractivity contribution in [3.8, 4) is 0 Å². The lowest BCUT2D eigenvalue weighted by molar-refractivity contribution is -0.136. The van der Waals surface area contributed by atoms with E-state index in [9.17, 15) is 79.2 Å². The number of carboxylic acid groups (broad SMARTS) is 8. The van der Waals surface area contributed by atoms with Gasteiger partial charge in [-0.1, -0.05) is 135 Å². The lowest BCUT2D eigenvalue weighted by Gasteiger charge is -2.41. The molecule has 0 amide bonds. The SMILES string of the molecule is O=C(O)C1=C(C(=O)O)[C@@H]2c3ccc4cc3[C@H]1c1ccc(cc12)SSc1ccc2c(c1)[C@H]1C(C(=O)O)=C(C(=O)O)[C@@H]2c2cc(ccc21)SSc1ccc2c(c1)[C@H]1C(C(=O)O)=C(C(=O)O)[C@@H]2c2cc(ccc21)SSc1ccc2c(c1)[C@@H]1C(C(=O)O)=C(C(=O)O)[C@H]2c2cc(ccc21)SS4. The highest BCUT2D eigenvalue weighted by atomic mass is 33.1. The number of rotatable bonds is 8. The van der Waals surface area contributed by atoms with Gasteiger partial charge in [0.25, 0.3) is 0 Å². The summed E-state index contributed by atoms with van der Waals surface area (Å²) >= 11 is 0. The van der Waals surface area contributed by atoms with Gasteiger partial charge >= 0.3 is 47.8 Å². The normalized spacial score (nSPS) is 22.3. The minimum atomic E-state index is -1.36. The van der Waals surface area contributed by atoms with Crippen LogP contribution in [0.1, 0.15) is 136 Å². The second kappa shape index (κ2) is 22.4. The lowest BCUT2D eigenvalue weighted by atomic mass is 9.61. The molecule has 12 aliphatic carbocycles. The van der Waals surface area contributed by atoms with E-state index in [4.69, 9.17) is 0 Å². The first-order valence-electron chi connectivity index (χ1n) is 29.6. The van der Waals surface area contributed by atoms with Crippen molar-refractivity contribution >= 4 is 134 Å². The summed E-state index contributed by atoms with van der Waals surface area (Å²) in [4.78, 5) is 112. The summed E-state index contributed by atoms with van der Waals surface area (Å²) in [5.74, 6) is -18.4. The molecule has 0 saturated carbocycles. The number of carbonyl (C=O) groups is 8. The van der Waals surface area contributed by atoms with Crippen LogP contribution in [0.25, 0.3) is 0 Å². The van der Waals surface area contributed by atoms with Gasteiger partial charge in [0.15, 0.2) is 0 Å². The van der Waals surface area contributed by atoms with Crippen LogP contribution in [0.2, 0.25) is 0 Å². The Balaban J connectivity index is 0.768. The van der Waals surface area contributed by atoms with Crippen LogP contribution in [0.5, 0.6) is 0 Å². The molecule has 24 heteroatoms. The zero-order valence-corrected chi connectivity index (χ0v) is 55.1. The van der Waals surface area contributed by atoms with E-state index in [-0.39, 0.29) is 44.6 Å². The Bertz CT molecular complexity index is 4300. The molecule has 0 saturated heterocycles. The van der Waals surface area contributed by atoms with Crippen molar-refractivity contribution in [2.45, 2.75) is 86.5 Å². The van der Waals surface area contributed by atoms with Crippen LogP contribution < -0.4 is 0 Å². The van der Waals surface area contributed by atoms with E-state index in [0.29, 0.717) is 89.0 Å². The number of benzene rings is 8. The van der Waals surface area contributed by atoms with E-state index in [1.165, 1.54) is 86.4 Å². The Morgan fingerprint density at radius 2 is 0.281 bits per heavy atom. The highest BCUT2D eigenvalue weighted by Crippen LogP contribution is 2.63. The predicted octanol–water partition coefficient (Wildman–Crippen LogP) is 15.4. The Morgan fingerprint density at radius 1 is 0.177 bits per heavy atom. The van der Waals surface area contributed by atoms with Crippen LogP contribution in [0.4, 0.5) is 0 Å². The maximum absolute atomic E-state index is 13.3. The Morgan fingerprint density at radius 3 is 0.375 bits per heavy atom. The molecule has 96 heavy (non-hydrogen) atoms. The molecule has 0 spiro atoms. The van der Waals surface area contributed by atoms with Gasteiger partial charge in [0.2, 0.25) is 0 Å². The van der Waals surface area contributed by atoms with Crippen molar-refractivity contribution in [1.82, 2.24) is 0 Å². The molecular formula is C72H40O16S8. The fraction of sp³-hybridized carbons (Fsp3) is 0.111. The summed E-state index contributed by atoms with van der Waals surface area (Å²) < 4.78 is 0. The summed E-state index contributed by atoms with van der Waals surface area (Å²) in [6.07, 6.45) is 0. The van der Waals surface area contributed by atoms with Crippen molar-refractivity contribution in [1.29, 1.82) is 0 Å². The van der Waals surface area contributed by atoms with Gasteiger partial charge in [-0.25, -0.2) is 38.4 Å². The van der Waals surface area contributed by atoms with E-state index in [1.54, 1.807) is 0 Å². The standard InChI is InChI=1S/C72H40O16S8/c73-65(74)57-49-33-9-1-25-17-41(33)50(58(57)66(75)76)34-11-3-27(19-42(34)49)91-92-28-5-13-37-45(20-28)53-38-14-6-31(23-46(38)54(37)62(70(83)84)61(53)69(81)82)95-96-32-8-16-40-48(24-32)56-39-15-7-30(22-47(39)55(40)63(71(85)86)64(56)72(87)88)94-93-29-4-12-36-44(21-29)52-35-10-2-26(90-89-25)18-43(35)51(36)59(67(77)78)60(52)68(79)80/h1-24,49-56H,(H,73,74)(H,75,76)(H,77,78)(H,79,80)(H,81,82)(H,83,84)(H,85,86)(H,87,88)/t49-,50-,51-,52-,53+,54+,55+,56+. The van der Waals surface area contributed by atoms with E-state index in [2.05, 4.69) is 0 Å². The van der Waals surface area contributed by atoms with Gasteiger partial charge in [-0.3, -0.25) is 0 Å². The quantitative estimate of drug-likeness (QED) is 0.0656. The van der Waals surface area contributed by atoms with Gasteiger partial charge in [-0.2, -0.15) is 0 Å². The molecule has 472 valence electrons. The van der Waals surface area contributed by atoms with Gasteiger partial charge in [0.1, 0.15) is 0 Å². The number of hydrogen-bond donors (Lipinski definition) is 8. The molecular weight excluding hydrogens is 1380 g/mol. The van der Waals surface area contributed by atoms with Gasteiger partial charge in [-0.15, -0.1) is 0 Å². The molecule has 0 radical (unpaired) electrons. The van der Waals surface area contributed by atoms with Crippen LogP contribution in [0, 0.1) is 0 Å². The van der Waals surface area contributed by atoms with Crippen molar-refractivity contribution in [3.63, 3.8) is 0 Å². The monoisotopic (exact) mass is 1420 g/mol. The minimum Gasteiger partial charge on any atom is -0.478 e. The predicted molar refractivity (Wildman–Crippen MR) is 362 cm³/mol. The van der Waals surface area contributed by atoms with Gasteiger partial charge < -0.3 is 40.9 Å². The van der Waals surface area contributed by atoms with Gasteiger partial charge in [0.05, 0.1) is 44.6 Å². The van der Waals surface area contributed by atoms with Crippen molar-refractivity contribution in [3.05, 3.63) is 279 Å². The smallest absolute Gasteiger partial charge is 0.333 e.